The van der Waals surface area contributed by atoms with Crippen molar-refractivity contribution in [1.29, 1.82) is 0 Å². The number of carbonyl (C=O) groups excluding carboxylic acids is 1. The van der Waals surface area contributed by atoms with Gasteiger partial charge in [0.2, 0.25) is 0 Å². The zero-order valence-electron chi connectivity index (χ0n) is 22.3. The van der Waals surface area contributed by atoms with Gasteiger partial charge in [-0.05, 0) is 62.6 Å². The first kappa shape index (κ1) is 27.1. The Kier molecular flexibility index (Phi) is 7.88. The van der Waals surface area contributed by atoms with Gasteiger partial charge < -0.3 is 18.6 Å². The van der Waals surface area contributed by atoms with Crippen LogP contribution in [0, 0.1) is 13.8 Å². The summed E-state index contributed by atoms with van der Waals surface area (Å²) in [5.41, 5.74) is 3.30. The van der Waals surface area contributed by atoms with E-state index in [4.69, 9.17) is 13.7 Å². The maximum atomic E-state index is 13.3. The second kappa shape index (κ2) is 11.3. The van der Waals surface area contributed by atoms with Crippen LogP contribution < -0.4 is 8.92 Å². The minimum absolute atomic E-state index is 0.0689. The van der Waals surface area contributed by atoms with Crippen molar-refractivity contribution >= 4 is 16.2 Å². The summed E-state index contributed by atoms with van der Waals surface area (Å²) in [6.45, 7) is 4.98. The fourth-order valence-corrected chi connectivity index (χ4v) is 6.53. The van der Waals surface area contributed by atoms with Gasteiger partial charge in [0, 0.05) is 31.5 Å². The lowest BCUT2D eigenvalue weighted by molar-refractivity contribution is 0.0339. The third-order valence-corrected chi connectivity index (χ3v) is 8.66. The van der Waals surface area contributed by atoms with Gasteiger partial charge in [-0.15, -0.1) is 0 Å². The zero-order valence-corrected chi connectivity index (χ0v) is 23.1. The molecule has 0 radical (unpaired) electrons. The van der Waals surface area contributed by atoms with Crippen LogP contribution in [-0.4, -0.2) is 67.5 Å². The Morgan fingerprint density at radius 2 is 1.77 bits per heavy atom. The number of aryl methyl sites for hydroxylation is 2. The largest absolute Gasteiger partial charge is 0.486 e. The predicted molar refractivity (Wildman–Crippen MR) is 146 cm³/mol. The summed E-state index contributed by atoms with van der Waals surface area (Å²) in [6.07, 6.45) is 2.30. The lowest BCUT2D eigenvalue weighted by Gasteiger charge is -2.23. The number of pyridine rings is 1. The lowest BCUT2D eigenvalue weighted by atomic mass is 10.0. The first-order chi connectivity index (χ1) is 18.7. The van der Waals surface area contributed by atoms with Gasteiger partial charge >= 0.3 is 10.3 Å². The van der Waals surface area contributed by atoms with Crippen molar-refractivity contribution in [3.8, 4) is 11.5 Å². The highest BCUT2D eigenvalue weighted by Crippen LogP contribution is 2.34. The highest BCUT2D eigenvalue weighted by Gasteiger charge is 2.39. The molecule has 2 aliphatic rings. The van der Waals surface area contributed by atoms with Crippen LogP contribution in [0.5, 0.6) is 11.5 Å². The van der Waals surface area contributed by atoms with Crippen LogP contribution in [0.1, 0.15) is 46.1 Å². The summed E-state index contributed by atoms with van der Waals surface area (Å²) >= 11 is 0. The molecule has 0 aliphatic carbocycles. The average Bonchev–Trinajstić information content (AvgIpc) is 3.58. The Hall–Kier alpha value is -3.47. The number of amides is 1. The Labute approximate surface area is 229 Å². The van der Waals surface area contributed by atoms with Crippen LogP contribution in [0.25, 0.3) is 0 Å². The number of ether oxygens (including phenoxy) is 2. The van der Waals surface area contributed by atoms with Gasteiger partial charge in [-0.25, -0.2) is 0 Å². The van der Waals surface area contributed by atoms with Crippen molar-refractivity contribution < 1.29 is 26.9 Å². The molecule has 3 atom stereocenters. The van der Waals surface area contributed by atoms with Crippen molar-refractivity contribution in [3.05, 3.63) is 89.2 Å². The molecular formula is C29H33N3O6S. The van der Waals surface area contributed by atoms with Crippen molar-refractivity contribution in [3.63, 3.8) is 0 Å². The molecule has 39 heavy (non-hydrogen) atoms. The molecule has 0 spiro atoms. The van der Waals surface area contributed by atoms with E-state index in [1.165, 1.54) is 4.31 Å². The molecule has 10 heteroatoms. The summed E-state index contributed by atoms with van der Waals surface area (Å²) in [4.78, 5) is 19.3. The monoisotopic (exact) mass is 551 g/mol. The normalized spacial score (nSPS) is 21.7. The average molecular weight is 552 g/mol. The molecule has 9 nitrogen and oxygen atoms in total. The summed E-state index contributed by atoms with van der Waals surface area (Å²) in [5.74, 6) is 0.508. The van der Waals surface area contributed by atoms with E-state index >= 15 is 0 Å². The maximum Gasteiger partial charge on any atom is 0.385 e. The number of nitrogens with zero attached hydrogens (tertiary/aromatic N) is 3. The van der Waals surface area contributed by atoms with Gasteiger partial charge in [0.25, 0.3) is 5.91 Å². The van der Waals surface area contributed by atoms with Crippen molar-refractivity contribution in [1.82, 2.24) is 14.2 Å². The highest BCUT2D eigenvalue weighted by atomic mass is 32.2. The van der Waals surface area contributed by atoms with Crippen LogP contribution in [0.15, 0.2) is 66.9 Å². The minimum Gasteiger partial charge on any atom is -0.486 e. The van der Waals surface area contributed by atoms with E-state index in [-0.39, 0.29) is 23.8 Å². The van der Waals surface area contributed by atoms with Crippen LogP contribution in [0.2, 0.25) is 0 Å². The SMILES string of the molecule is CO[C@@H]1CN(C(=O)c2cc(C)ccc2C)C[C@H]1Oc1cccc(OS(=O)(=O)N2CCCC2c2ccccn2)c1. The van der Waals surface area contributed by atoms with E-state index in [1.807, 2.05) is 44.2 Å². The Balaban J connectivity index is 1.28. The number of hydrogen-bond donors (Lipinski definition) is 0. The Morgan fingerprint density at radius 1 is 0.974 bits per heavy atom. The third-order valence-electron chi connectivity index (χ3n) is 7.24. The molecule has 2 aliphatic heterocycles. The number of carbonyl (C=O) groups is 1. The van der Waals surface area contributed by atoms with Gasteiger partial charge in [-0.1, -0.05) is 29.8 Å². The fraction of sp³-hybridized carbons (Fsp3) is 0.379. The number of methoxy groups -OCH3 is 1. The molecule has 0 N–H and O–H groups in total. The van der Waals surface area contributed by atoms with E-state index in [2.05, 4.69) is 4.98 Å². The number of likely N-dealkylation sites (tertiary alicyclic amines) is 1. The van der Waals surface area contributed by atoms with Crippen molar-refractivity contribution in [2.24, 2.45) is 0 Å². The van der Waals surface area contributed by atoms with E-state index in [0.29, 0.717) is 43.1 Å². The highest BCUT2D eigenvalue weighted by molar-refractivity contribution is 7.84. The maximum absolute atomic E-state index is 13.3. The minimum atomic E-state index is -4.07. The third kappa shape index (κ3) is 5.93. The molecule has 206 valence electrons. The number of aromatic nitrogens is 1. The van der Waals surface area contributed by atoms with E-state index in [0.717, 1.165) is 17.5 Å². The quantitative estimate of drug-likeness (QED) is 0.416. The van der Waals surface area contributed by atoms with E-state index in [9.17, 15) is 13.2 Å². The van der Waals surface area contributed by atoms with E-state index in [1.54, 1.807) is 48.5 Å². The van der Waals surface area contributed by atoms with Crippen LogP contribution in [0.4, 0.5) is 0 Å². The molecule has 3 heterocycles. The van der Waals surface area contributed by atoms with Gasteiger partial charge in [0.1, 0.15) is 23.7 Å². The zero-order chi connectivity index (χ0) is 27.6. The number of hydrogen-bond acceptors (Lipinski definition) is 7. The molecule has 2 saturated heterocycles. The Morgan fingerprint density at radius 3 is 2.54 bits per heavy atom. The standard InChI is InChI=1S/C29H33N3O6S/c1-20-12-13-21(2)24(16-20)29(33)31-18-27(36-3)28(19-31)37-22-8-6-9-23(17-22)38-39(34,35)32-15-7-11-26(32)25-10-4-5-14-30-25/h4-6,8-10,12-14,16-17,26-28H,7,11,15,18-19H2,1-3H3/t26?,27-,28-/m1/s1. The van der Waals surface area contributed by atoms with E-state index < -0.39 is 16.4 Å². The molecule has 0 bridgehead atoms. The summed E-state index contributed by atoms with van der Waals surface area (Å²) in [7, 11) is -2.48. The smallest absolute Gasteiger partial charge is 0.385 e. The first-order valence-electron chi connectivity index (χ1n) is 13.0. The number of benzene rings is 2. The molecule has 0 saturated carbocycles. The van der Waals surface area contributed by atoms with Crippen molar-refractivity contribution in [2.75, 3.05) is 26.7 Å². The van der Waals surface area contributed by atoms with Crippen LogP contribution in [0.3, 0.4) is 0 Å². The Bertz CT molecular complexity index is 1430. The summed E-state index contributed by atoms with van der Waals surface area (Å²) in [6, 6.07) is 17.5. The molecule has 1 unspecified atom stereocenters. The summed E-state index contributed by atoms with van der Waals surface area (Å²) in [5, 5.41) is 0. The van der Waals surface area contributed by atoms with Gasteiger partial charge in [0.15, 0.2) is 0 Å². The molecule has 2 fully saturated rings. The second-order valence-corrected chi connectivity index (χ2v) is 11.5. The molecular weight excluding hydrogens is 518 g/mol. The molecule has 2 aromatic carbocycles. The second-order valence-electron chi connectivity index (χ2n) is 10.00. The molecule has 1 aromatic heterocycles. The van der Waals surface area contributed by atoms with Gasteiger partial charge in [0.05, 0.1) is 24.8 Å². The topological polar surface area (TPSA) is 98.3 Å². The summed E-state index contributed by atoms with van der Waals surface area (Å²) < 4.78 is 45.2. The first-order valence-corrected chi connectivity index (χ1v) is 14.4. The van der Waals surface area contributed by atoms with Gasteiger partial charge in [-0.2, -0.15) is 12.7 Å². The lowest BCUT2D eigenvalue weighted by Crippen LogP contribution is -2.34. The predicted octanol–water partition coefficient (Wildman–Crippen LogP) is 4.08. The van der Waals surface area contributed by atoms with Crippen molar-refractivity contribution in [2.45, 2.75) is 44.9 Å². The fourth-order valence-electron chi connectivity index (χ4n) is 5.21. The van der Waals surface area contributed by atoms with Crippen LogP contribution in [-0.2, 0) is 15.0 Å². The molecule has 5 rings (SSSR count). The van der Waals surface area contributed by atoms with Crippen LogP contribution >= 0.6 is 0 Å². The molecule has 3 aromatic rings. The van der Waals surface area contributed by atoms with Gasteiger partial charge in [-0.3, -0.25) is 9.78 Å². The number of rotatable bonds is 8. The molecule has 1 amide bonds.